The first-order valence-corrected chi connectivity index (χ1v) is 8.12. The van der Waals surface area contributed by atoms with Gasteiger partial charge in [0.25, 0.3) is 0 Å². The molecule has 4 heteroatoms. The van der Waals surface area contributed by atoms with E-state index in [1.165, 1.54) is 12.8 Å². The van der Waals surface area contributed by atoms with Gasteiger partial charge in [0, 0.05) is 30.7 Å². The predicted molar refractivity (Wildman–Crippen MR) is 81.9 cm³/mol. The average molecular weight is 284 g/mol. The Bertz CT molecular complexity index is 320. The highest BCUT2D eigenvalue weighted by Gasteiger charge is 2.40. The minimum atomic E-state index is -0.0838. The molecular weight excluding hydrogens is 252 g/mol. The monoisotopic (exact) mass is 284 g/mol. The minimum Gasteiger partial charge on any atom is -0.394 e. The first-order chi connectivity index (χ1) is 9.36. The highest BCUT2D eigenvalue weighted by Crippen LogP contribution is 2.33. The maximum atomic E-state index is 9.90. The van der Waals surface area contributed by atoms with Gasteiger partial charge in [0.15, 0.2) is 0 Å². The Balaban J connectivity index is 2.02. The molecule has 0 radical (unpaired) electrons. The zero-order valence-corrected chi connectivity index (χ0v) is 13.6. The summed E-state index contributed by atoms with van der Waals surface area (Å²) >= 11 is 0. The number of nitrogens with zero attached hydrogens (tertiary/aromatic N) is 1. The van der Waals surface area contributed by atoms with E-state index in [2.05, 4.69) is 37.9 Å². The van der Waals surface area contributed by atoms with Crippen molar-refractivity contribution in [3.8, 4) is 0 Å². The summed E-state index contributed by atoms with van der Waals surface area (Å²) in [4.78, 5) is 2.58. The Hall–Kier alpha value is -0.160. The van der Waals surface area contributed by atoms with E-state index in [0.717, 1.165) is 32.5 Å². The van der Waals surface area contributed by atoms with Gasteiger partial charge in [-0.15, -0.1) is 0 Å². The summed E-state index contributed by atoms with van der Waals surface area (Å²) in [7, 11) is 0. The number of ether oxygens (including phenoxy) is 1. The first kappa shape index (κ1) is 16.2. The van der Waals surface area contributed by atoms with Crippen molar-refractivity contribution in [1.82, 2.24) is 10.2 Å². The summed E-state index contributed by atoms with van der Waals surface area (Å²) in [6.07, 6.45) is 4.59. The van der Waals surface area contributed by atoms with Crippen LogP contribution in [0.15, 0.2) is 0 Å². The molecular formula is C16H32N2O2. The van der Waals surface area contributed by atoms with Crippen LogP contribution in [0.4, 0.5) is 0 Å². The largest absolute Gasteiger partial charge is 0.394 e. The van der Waals surface area contributed by atoms with Crippen molar-refractivity contribution in [3.63, 3.8) is 0 Å². The number of hydrogen-bond acceptors (Lipinski definition) is 4. The number of aliphatic hydroxyl groups is 1. The lowest BCUT2D eigenvalue weighted by atomic mass is 9.78. The third kappa shape index (κ3) is 3.94. The van der Waals surface area contributed by atoms with Crippen LogP contribution in [-0.2, 0) is 4.74 Å². The molecule has 1 aliphatic carbocycles. The molecule has 118 valence electrons. The lowest BCUT2D eigenvalue weighted by Gasteiger charge is -2.48. The molecule has 0 aromatic rings. The van der Waals surface area contributed by atoms with E-state index < -0.39 is 0 Å². The molecule has 2 N–H and O–H groups in total. The third-order valence-corrected chi connectivity index (χ3v) is 4.69. The molecule has 2 aliphatic rings. The second-order valence-electron chi connectivity index (χ2n) is 7.57. The van der Waals surface area contributed by atoms with E-state index in [4.69, 9.17) is 4.74 Å². The van der Waals surface area contributed by atoms with Crippen LogP contribution in [0.2, 0.25) is 0 Å². The minimum absolute atomic E-state index is 0.0386. The van der Waals surface area contributed by atoms with E-state index in [9.17, 15) is 5.11 Å². The zero-order chi connectivity index (χ0) is 14.8. The molecule has 1 saturated heterocycles. The topological polar surface area (TPSA) is 44.7 Å². The van der Waals surface area contributed by atoms with Crippen LogP contribution >= 0.6 is 0 Å². The van der Waals surface area contributed by atoms with Crippen LogP contribution in [0.1, 0.15) is 53.4 Å². The fraction of sp³-hybridized carbons (Fsp3) is 1.00. The molecule has 0 bridgehead atoms. The standard InChI is InChI=1S/C16H32N2O2/c1-13(2)17-16(12-19)7-5-6-14(10-16)18-8-9-20-15(3,4)11-18/h13-14,17,19H,5-12H2,1-4H3. The second kappa shape index (κ2) is 6.30. The van der Waals surface area contributed by atoms with Gasteiger partial charge in [-0.05, 0) is 39.5 Å². The Morgan fingerprint density at radius 1 is 1.40 bits per heavy atom. The van der Waals surface area contributed by atoms with Gasteiger partial charge in [-0.3, -0.25) is 4.90 Å². The van der Waals surface area contributed by atoms with Crippen molar-refractivity contribution in [3.05, 3.63) is 0 Å². The maximum absolute atomic E-state index is 9.90. The van der Waals surface area contributed by atoms with Gasteiger partial charge in [-0.1, -0.05) is 13.8 Å². The van der Waals surface area contributed by atoms with Gasteiger partial charge in [0.1, 0.15) is 0 Å². The molecule has 0 spiro atoms. The molecule has 2 rings (SSSR count). The Morgan fingerprint density at radius 3 is 2.75 bits per heavy atom. The maximum Gasteiger partial charge on any atom is 0.0753 e. The normalized spacial score (nSPS) is 35.4. The predicted octanol–water partition coefficient (Wildman–Crippen LogP) is 1.77. The van der Waals surface area contributed by atoms with Gasteiger partial charge >= 0.3 is 0 Å². The summed E-state index contributed by atoms with van der Waals surface area (Å²) in [6.45, 7) is 11.8. The molecule has 20 heavy (non-hydrogen) atoms. The lowest BCUT2D eigenvalue weighted by molar-refractivity contribution is -0.105. The Morgan fingerprint density at radius 2 is 2.15 bits per heavy atom. The molecule has 0 amide bonds. The summed E-state index contributed by atoms with van der Waals surface area (Å²) in [5.41, 5.74) is -0.122. The number of aliphatic hydroxyl groups excluding tert-OH is 1. The lowest BCUT2D eigenvalue weighted by Crippen LogP contribution is -2.60. The van der Waals surface area contributed by atoms with Gasteiger partial charge in [-0.2, -0.15) is 0 Å². The van der Waals surface area contributed by atoms with Crippen molar-refractivity contribution >= 4 is 0 Å². The van der Waals surface area contributed by atoms with E-state index >= 15 is 0 Å². The fourth-order valence-electron chi connectivity index (χ4n) is 3.94. The summed E-state index contributed by atoms with van der Waals surface area (Å²) in [5.74, 6) is 0. The van der Waals surface area contributed by atoms with Crippen LogP contribution in [0, 0.1) is 0 Å². The van der Waals surface area contributed by atoms with Crippen molar-refractivity contribution in [1.29, 1.82) is 0 Å². The van der Waals surface area contributed by atoms with Crippen molar-refractivity contribution in [2.45, 2.75) is 76.6 Å². The first-order valence-electron chi connectivity index (χ1n) is 8.12. The molecule has 1 heterocycles. The number of morpholine rings is 1. The molecule has 0 aromatic heterocycles. The molecule has 0 aromatic carbocycles. The SMILES string of the molecule is CC(C)NC1(CO)CCCC(N2CCOC(C)(C)C2)C1. The van der Waals surface area contributed by atoms with E-state index in [1.807, 2.05) is 0 Å². The van der Waals surface area contributed by atoms with Gasteiger partial charge < -0.3 is 15.2 Å². The molecule has 2 unspecified atom stereocenters. The van der Waals surface area contributed by atoms with Crippen molar-refractivity contribution < 1.29 is 9.84 Å². The van der Waals surface area contributed by atoms with Crippen molar-refractivity contribution in [2.75, 3.05) is 26.3 Å². The number of rotatable bonds is 4. The molecule has 2 atom stereocenters. The smallest absolute Gasteiger partial charge is 0.0753 e. The molecule has 1 saturated carbocycles. The van der Waals surface area contributed by atoms with Crippen LogP contribution in [0.3, 0.4) is 0 Å². The van der Waals surface area contributed by atoms with Gasteiger partial charge in [-0.25, -0.2) is 0 Å². The van der Waals surface area contributed by atoms with Crippen LogP contribution in [0.25, 0.3) is 0 Å². The van der Waals surface area contributed by atoms with Crippen LogP contribution in [0.5, 0.6) is 0 Å². The number of hydrogen-bond donors (Lipinski definition) is 2. The van der Waals surface area contributed by atoms with Crippen LogP contribution in [-0.4, -0.2) is 59.5 Å². The van der Waals surface area contributed by atoms with E-state index in [1.54, 1.807) is 0 Å². The Labute approximate surface area is 123 Å². The van der Waals surface area contributed by atoms with Gasteiger partial charge in [0.05, 0.1) is 18.8 Å². The average Bonchev–Trinajstić information content (AvgIpc) is 2.37. The third-order valence-electron chi connectivity index (χ3n) is 4.69. The van der Waals surface area contributed by atoms with E-state index in [0.29, 0.717) is 12.1 Å². The summed E-state index contributed by atoms with van der Waals surface area (Å²) in [5, 5.41) is 13.5. The fourth-order valence-corrected chi connectivity index (χ4v) is 3.94. The summed E-state index contributed by atoms with van der Waals surface area (Å²) < 4.78 is 5.82. The van der Waals surface area contributed by atoms with Crippen LogP contribution < -0.4 is 5.32 Å². The zero-order valence-electron chi connectivity index (χ0n) is 13.6. The van der Waals surface area contributed by atoms with Gasteiger partial charge in [0.2, 0.25) is 0 Å². The Kier molecular flexibility index (Phi) is 5.11. The molecule has 1 aliphatic heterocycles. The number of nitrogens with one attached hydrogen (secondary N) is 1. The quantitative estimate of drug-likeness (QED) is 0.826. The second-order valence-corrected chi connectivity index (χ2v) is 7.57. The highest BCUT2D eigenvalue weighted by atomic mass is 16.5. The molecule has 4 nitrogen and oxygen atoms in total. The molecule has 2 fully saturated rings. The highest BCUT2D eigenvalue weighted by molar-refractivity contribution is 4.98. The summed E-state index contributed by atoms with van der Waals surface area (Å²) in [6, 6.07) is 0.993. The van der Waals surface area contributed by atoms with Crippen molar-refractivity contribution in [2.24, 2.45) is 0 Å². The van der Waals surface area contributed by atoms with E-state index in [-0.39, 0.29) is 17.7 Å².